The molecule has 3 rings (SSSR count). The molecule has 1 saturated heterocycles. The third-order valence-corrected chi connectivity index (χ3v) is 4.03. The molecule has 2 fully saturated rings. The molecule has 1 nitrogen and oxygen atoms in total. The number of alkyl halides is 4. The minimum atomic E-state index is -4.21. The SMILES string of the molecule is ClCCCN1CC2CC2C1.FC(F)(F)c1ccccc1. The van der Waals surface area contributed by atoms with Crippen LogP contribution in [0, 0.1) is 11.8 Å². The van der Waals surface area contributed by atoms with Crippen LogP contribution in [-0.4, -0.2) is 30.4 Å². The first-order chi connectivity index (χ1) is 9.50. The van der Waals surface area contributed by atoms with Gasteiger partial charge in [0.05, 0.1) is 5.56 Å². The lowest BCUT2D eigenvalue weighted by Crippen LogP contribution is -2.23. The van der Waals surface area contributed by atoms with E-state index in [0.29, 0.717) is 0 Å². The lowest BCUT2D eigenvalue weighted by atomic mass is 10.2. The van der Waals surface area contributed by atoms with Crippen molar-refractivity contribution in [1.82, 2.24) is 4.90 Å². The lowest BCUT2D eigenvalue weighted by Gasteiger charge is -2.15. The summed E-state index contributed by atoms with van der Waals surface area (Å²) in [6.07, 6.45) is -1.53. The van der Waals surface area contributed by atoms with Crippen molar-refractivity contribution in [3.05, 3.63) is 35.9 Å². The monoisotopic (exact) mass is 305 g/mol. The van der Waals surface area contributed by atoms with Crippen molar-refractivity contribution in [3.63, 3.8) is 0 Å². The molecule has 2 aliphatic rings. The van der Waals surface area contributed by atoms with E-state index in [1.165, 1.54) is 44.6 Å². The van der Waals surface area contributed by atoms with Gasteiger partial charge in [-0.2, -0.15) is 13.2 Å². The number of rotatable bonds is 3. The Hall–Kier alpha value is -0.740. The Morgan fingerprint density at radius 3 is 2.15 bits per heavy atom. The largest absolute Gasteiger partial charge is 0.416 e. The molecule has 0 radical (unpaired) electrons. The van der Waals surface area contributed by atoms with Crippen LogP contribution in [0.5, 0.6) is 0 Å². The molecule has 0 N–H and O–H groups in total. The fourth-order valence-corrected chi connectivity index (χ4v) is 2.71. The molecular formula is C15H19ClF3N. The quantitative estimate of drug-likeness (QED) is 0.754. The zero-order valence-corrected chi connectivity index (χ0v) is 12.0. The average Bonchev–Trinajstić information content (AvgIpc) is 3.04. The predicted molar refractivity (Wildman–Crippen MR) is 74.8 cm³/mol. The first-order valence-corrected chi connectivity index (χ1v) is 7.44. The minimum Gasteiger partial charge on any atom is -0.303 e. The van der Waals surface area contributed by atoms with Gasteiger partial charge in [0.25, 0.3) is 0 Å². The van der Waals surface area contributed by atoms with Crippen LogP contribution >= 0.6 is 11.6 Å². The van der Waals surface area contributed by atoms with E-state index in [1.807, 2.05) is 0 Å². The molecule has 0 spiro atoms. The lowest BCUT2D eigenvalue weighted by molar-refractivity contribution is -0.137. The van der Waals surface area contributed by atoms with E-state index in [4.69, 9.17) is 11.6 Å². The molecule has 1 heterocycles. The maximum absolute atomic E-state index is 11.8. The van der Waals surface area contributed by atoms with Crippen LogP contribution in [0.1, 0.15) is 18.4 Å². The van der Waals surface area contributed by atoms with E-state index in [-0.39, 0.29) is 0 Å². The molecule has 1 aromatic carbocycles. The molecule has 1 aliphatic carbocycles. The zero-order chi connectivity index (χ0) is 14.6. The molecule has 0 aromatic heterocycles. The summed E-state index contributed by atoms with van der Waals surface area (Å²) in [4.78, 5) is 2.56. The Kier molecular flexibility index (Phi) is 5.33. The number of fused-ring (bicyclic) bond motifs is 1. The highest BCUT2D eigenvalue weighted by Gasteiger charge is 2.44. The molecule has 1 saturated carbocycles. The van der Waals surface area contributed by atoms with Crippen LogP contribution in [0.15, 0.2) is 30.3 Å². The van der Waals surface area contributed by atoms with Gasteiger partial charge in [0.2, 0.25) is 0 Å². The number of halogens is 4. The summed E-state index contributed by atoms with van der Waals surface area (Å²) < 4.78 is 35.4. The van der Waals surface area contributed by atoms with E-state index in [9.17, 15) is 13.2 Å². The maximum Gasteiger partial charge on any atom is 0.416 e. The third-order valence-electron chi connectivity index (χ3n) is 3.76. The number of piperidine rings is 1. The smallest absolute Gasteiger partial charge is 0.303 e. The Balaban J connectivity index is 0.000000147. The Morgan fingerprint density at radius 1 is 1.10 bits per heavy atom. The summed E-state index contributed by atoms with van der Waals surface area (Å²) in [5.74, 6) is 2.98. The summed E-state index contributed by atoms with van der Waals surface area (Å²) in [7, 11) is 0. The van der Waals surface area contributed by atoms with Gasteiger partial charge in [-0.05, 0) is 31.2 Å². The Morgan fingerprint density at radius 2 is 1.70 bits per heavy atom. The summed E-state index contributed by atoms with van der Waals surface area (Å²) in [5.41, 5.74) is -0.602. The van der Waals surface area contributed by atoms with Crippen molar-refractivity contribution < 1.29 is 13.2 Å². The highest BCUT2D eigenvalue weighted by molar-refractivity contribution is 6.17. The molecule has 2 atom stereocenters. The first-order valence-electron chi connectivity index (χ1n) is 6.91. The fourth-order valence-electron chi connectivity index (χ4n) is 2.59. The van der Waals surface area contributed by atoms with Crippen molar-refractivity contribution in [2.24, 2.45) is 11.8 Å². The van der Waals surface area contributed by atoms with Crippen molar-refractivity contribution in [2.45, 2.75) is 19.0 Å². The highest BCUT2D eigenvalue weighted by Crippen LogP contribution is 2.44. The summed E-state index contributed by atoms with van der Waals surface area (Å²) in [5, 5.41) is 0. The standard InChI is InChI=1S/C8H14ClN.C7H5F3/c9-2-1-3-10-5-7-4-8(7)6-10;8-7(9,10)6-4-2-1-3-5-6/h7-8H,1-6H2;1-5H. The Labute approximate surface area is 122 Å². The first kappa shape index (κ1) is 15.6. The molecule has 0 amide bonds. The van der Waals surface area contributed by atoms with E-state index in [0.717, 1.165) is 29.8 Å². The molecule has 5 heteroatoms. The number of nitrogens with zero attached hydrogens (tertiary/aromatic N) is 1. The molecule has 2 unspecified atom stereocenters. The van der Waals surface area contributed by atoms with Crippen LogP contribution in [0.25, 0.3) is 0 Å². The van der Waals surface area contributed by atoms with Gasteiger partial charge in [-0.15, -0.1) is 11.6 Å². The summed E-state index contributed by atoms with van der Waals surface area (Å²) in [6, 6.07) is 6.36. The second kappa shape index (κ2) is 6.81. The van der Waals surface area contributed by atoms with Gasteiger partial charge in [-0.25, -0.2) is 0 Å². The second-order valence-electron chi connectivity index (χ2n) is 5.42. The van der Waals surface area contributed by atoms with E-state index < -0.39 is 11.7 Å². The molecule has 20 heavy (non-hydrogen) atoms. The molecule has 0 bridgehead atoms. The topological polar surface area (TPSA) is 3.24 Å². The summed E-state index contributed by atoms with van der Waals surface area (Å²) in [6.45, 7) is 3.96. The molecule has 1 aromatic rings. The van der Waals surface area contributed by atoms with Gasteiger partial charge >= 0.3 is 6.18 Å². The fraction of sp³-hybridized carbons (Fsp3) is 0.600. The van der Waals surface area contributed by atoms with E-state index >= 15 is 0 Å². The molecule has 1 aliphatic heterocycles. The van der Waals surface area contributed by atoms with Gasteiger partial charge in [-0.3, -0.25) is 0 Å². The number of benzene rings is 1. The van der Waals surface area contributed by atoms with Crippen LogP contribution in [0.4, 0.5) is 13.2 Å². The minimum absolute atomic E-state index is 0.602. The van der Waals surface area contributed by atoms with Crippen molar-refractivity contribution in [3.8, 4) is 0 Å². The predicted octanol–water partition coefficient (Wildman–Crippen LogP) is 4.27. The Bertz CT molecular complexity index is 397. The molecule has 112 valence electrons. The highest BCUT2D eigenvalue weighted by atomic mass is 35.5. The number of likely N-dealkylation sites (tertiary alicyclic amines) is 1. The van der Waals surface area contributed by atoms with Crippen molar-refractivity contribution >= 4 is 11.6 Å². The van der Waals surface area contributed by atoms with Gasteiger partial charge in [0, 0.05) is 19.0 Å². The normalized spacial score (nSPS) is 24.8. The average molecular weight is 306 g/mol. The maximum atomic E-state index is 11.8. The van der Waals surface area contributed by atoms with Gasteiger partial charge in [-0.1, -0.05) is 30.3 Å². The number of hydrogen-bond donors (Lipinski definition) is 0. The van der Waals surface area contributed by atoms with Crippen molar-refractivity contribution in [1.29, 1.82) is 0 Å². The van der Waals surface area contributed by atoms with Crippen LogP contribution in [0.2, 0.25) is 0 Å². The zero-order valence-electron chi connectivity index (χ0n) is 11.2. The number of hydrogen-bond acceptors (Lipinski definition) is 1. The van der Waals surface area contributed by atoms with E-state index in [1.54, 1.807) is 6.07 Å². The third kappa shape index (κ3) is 4.67. The second-order valence-corrected chi connectivity index (χ2v) is 5.80. The van der Waals surface area contributed by atoms with Crippen LogP contribution in [0.3, 0.4) is 0 Å². The van der Waals surface area contributed by atoms with Crippen molar-refractivity contribution in [2.75, 3.05) is 25.5 Å². The molecular weight excluding hydrogens is 287 g/mol. The van der Waals surface area contributed by atoms with Gasteiger partial charge in [0.1, 0.15) is 0 Å². The van der Waals surface area contributed by atoms with Gasteiger partial charge in [0.15, 0.2) is 0 Å². The van der Waals surface area contributed by atoms with Gasteiger partial charge < -0.3 is 4.90 Å². The van der Waals surface area contributed by atoms with E-state index in [2.05, 4.69) is 4.90 Å². The summed E-state index contributed by atoms with van der Waals surface area (Å²) >= 11 is 5.60. The van der Waals surface area contributed by atoms with Crippen LogP contribution < -0.4 is 0 Å². The van der Waals surface area contributed by atoms with Crippen LogP contribution in [-0.2, 0) is 6.18 Å².